The molecule has 2 aliphatic rings. The molecule has 1 fully saturated rings. The van der Waals surface area contributed by atoms with Crippen molar-refractivity contribution in [3.05, 3.63) is 40.8 Å². The number of piperidine rings is 1. The number of rotatable bonds is 2. The third-order valence-electron chi connectivity index (χ3n) is 4.99. The first-order valence-electron chi connectivity index (χ1n) is 8.78. The summed E-state index contributed by atoms with van der Waals surface area (Å²) >= 11 is 5.93. The summed E-state index contributed by atoms with van der Waals surface area (Å²) in [4.78, 5) is 27.3. The van der Waals surface area contributed by atoms with Crippen molar-refractivity contribution in [1.82, 2.24) is 19.7 Å². The maximum atomic E-state index is 12.2. The second-order valence-electron chi connectivity index (χ2n) is 6.74. The van der Waals surface area contributed by atoms with Gasteiger partial charge in [-0.05, 0) is 45.1 Å². The minimum atomic E-state index is -0.250. The molecule has 4 heterocycles. The molecule has 1 saturated heterocycles. The summed E-state index contributed by atoms with van der Waals surface area (Å²) in [7, 11) is 2.14. The van der Waals surface area contributed by atoms with Gasteiger partial charge in [-0.25, -0.2) is 4.68 Å². The number of halogens is 1. The maximum absolute atomic E-state index is 12.2. The summed E-state index contributed by atoms with van der Waals surface area (Å²) in [6.45, 7) is 1.85. The highest BCUT2D eigenvalue weighted by atomic mass is 35.5. The van der Waals surface area contributed by atoms with E-state index < -0.39 is 0 Å². The van der Waals surface area contributed by atoms with E-state index in [1.807, 2.05) is 23.0 Å². The first kappa shape index (κ1) is 19.3. The van der Waals surface area contributed by atoms with E-state index in [2.05, 4.69) is 27.3 Å². The molecule has 144 valence electrons. The SMILES string of the molecule is CN1CCC(n2ncc3c2NC(=O)CC3c2ccc(Cl)cn2)CC1.O=CO. The van der Waals surface area contributed by atoms with Crippen molar-refractivity contribution < 1.29 is 14.7 Å². The second kappa shape index (κ2) is 8.49. The summed E-state index contributed by atoms with van der Waals surface area (Å²) in [6, 6.07) is 4.04. The predicted molar refractivity (Wildman–Crippen MR) is 101 cm³/mol. The van der Waals surface area contributed by atoms with Gasteiger partial charge in [0.2, 0.25) is 5.91 Å². The minimum Gasteiger partial charge on any atom is -0.483 e. The number of amides is 1. The lowest BCUT2D eigenvalue weighted by Gasteiger charge is -2.31. The predicted octanol–water partition coefficient (Wildman–Crippen LogP) is 2.37. The Labute approximate surface area is 162 Å². The van der Waals surface area contributed by atoms with E-state index in [0.717, 1.165) is 43.0 Å². The Kier molecular flexibility index (Phi) is 6.08. The van der Waals surface area contributed by atoms with Gasteiger partial charge in [-0.1, -0.05) is 11.6 Å². The first-order valence-corrected chi connectivity index (χ1v) is 9.16. The van der Waals surface area contributed by atoms with Crippen LogP contribution in [0.1, 0.15) is 42.5 Å². The number of nitrogens with zero attached hydrogens (tertiary/aromatic N) is 4. The van der Waals surface area contributed by atoms with Crippen molar-refractivity contribution in [3.63, 3.8) is 0 Å². The summed E-state index contributed by atoms with van der Waals surface area (Å²) in [6.07, 6.45) is 5.99. The van der Waals surface area contributed by atoms with Gasteiger partial charge in [0, 0.05) is 29.8 Å². The number of aromatic nitrogens is 3. The number of fused-ring (bicyclic) bond motifs is 1. The molecule has 0 aliphatic carbocycles. The second-order valence-corrected chi connectivity index (χ2v) is 7.18. The third-order valence-corrected chi connectivity index (χ3v) is 5.21. The standard InChI is InChI=1S/C17H20ClN5O.CH2O2/c1-22-6-4-12(5-7-22)23-17-14(10-20-23)13(8-16(24)21-17)15-3-2-11(18)9-19-15;2-1-3/h2-3,9-10,12-13H,4-8H2,1H3,(H,21,24);1H,(H,2,3). The average molecular weight is 392 g/mol. The molecule has 4 rings (SSSR count). The van der Waals surface area contributed by atoms with Gasteiger partial charge >= 0.3 is 0 Å². The van der Waals surface area contributed by atoms with Crippen LogP contribution in [0, 0.1) is 0 Å². The highest BCUT2D eigenvalue weighted by Crippen LogP contribution is 2.38. The van der Waals surface area contributed by atoms with Crippen LogP contribution in [-0.4, -0.2) is 57.3 Å². The number of nitrogens with one attached hydrogen (secondary N) is 1. The van der Waals surface area contributed by atoms with Crippen molar-refractivity contribution in [2.45, 2.75) is 31.2 Å². The van der Waals surface area contributed by atoms with Gasteiger partial charge in [0.25, 0.3) is 6.47 Å². The number of anilines is 1. The molecule has 0 aromatic carbocycles. The summed E-state index contributed by atoms with van der Waals surface area (Å²) in [5.41, 5.74) is 1.90. The highest BCUT2D eigenvalue weighted by Gasteiger charge is 2.33. The van der Waals surface area contributed by atoms with Crippen LogP contribution in [0.3, 0.4) is 0 Å². The molecule has 0 spiro atoms. The minimum absolute atomic E-state index is 0.0129. The van der Waals surface area contributed by atoms with Crippen LogP contribution in [0.5, 0.6) is 0 Å². The van der Waals surface area contributed by atoms with Crippen molar-refractivity contribution >= 4 is 29.8 Å². The van der Waals surface area contributed by atoms with E-state index in [4.69, 9.17) is 21.5 Å². The van der Waals surface area contributed by atoms with Gasteiger partial charge < -0.3 is 15.3 Å². The van der Waals surface area contributed by atoms with Gasteiger partial charge in [-0.15, -0.1) is 0 Å². The highest BCUT2D eigenvalue weighted by molar-refractivity contribution is 6.30. The zero-order valence-electron chi connectivity index (χ0n) is 15.0. The normalized spacial score (nSPS) is 20.2. The Balaban J connectivity index is 0.000000659. The molecule has 2 aromatic rings. The van der Waals surface area contributed by atoms with Crippen molar-refractivity contribution in [1.29, 1.82) is 0 Å². The molecular weight excluding hydrogens is 370 g/mol. The number of carboxylic acid groups (broad SMARTS) is 1. The number of hydrogen-bond acceptors (Lipinski definition) is 5. The molecular formula is C18H22ClN5O3. The quantitative estimate of drug-likeness (QED) is 0.762. The first-order chi connectivity index (χ1) is 13.0. The number of likely N-dealkylation sites (tertiary alicyclic amines) is 1. The fourth-order valence-corrected chi connectivity index (χ4v) is 3.72. The van der Waals surface area contributed by atoms with Crippen LogP contribution in [0.25, 0.3) is 0 Å². The Morgan fingerprint density at radius 3 is 2.63 bits per heavy atom. The van der Waals surface area contributed by atoms with Gasteiger partial charge in [-0.3, -0.25) is 14.6 Å². The topological polar surface area (TPSA) is 100 Å². The average Bonchev–Trinajstić information content (AvgIpc) is 3.07. The Hall–Kier alpha value is -2.45. The van der Waals surface area contributed by atoms with Crippen molar-refractivity contribution in [2.75, 3.05) is 25.5 Å². The van der Waals surface area contributed by atoms with E-state index >= 15 is 0 Å². The number of pyridine rings is 1. The fraction of sp³-hybridized carbons (Fsp3) is 0.444. The van der Waals surface area contributed by atoms with E-state index in [1.54, 1.807) is 6.20 Å². The van der Waals surface area contributed by atoms with Gasteiger partial charge in [0.15, 0.2) is 0 Å². The van der Waals surface area contributed by atoms with Crippen LogP contribution < -0.4 is 5.32 Å². The molecule has 2 aliphatic heterocycles. The van der Waals surface area contributed by atoms with Gasteiger partial charge in [0.05, 0.1) is 17.3 Å². The van der Waals surface area contributed by atoms with Crippen LogP contribution in [0.4, 0.5) is 5.82 Å². The summed E-state index contributed by atoms with van der Waals surface area (Å²) in [5.74, 6) is 0.785. The molecule has 2 aromatic heterocycles. The van der Waals surface area contributed by atoms with Crippen LogP contribution in [0.2, 0.25) is 5.02 Å². The molecule has 0 saturated carbocycles. The molecule has 1 unspecified atom stereocenters. The summed E-state index contributed by atoms with van der Waals surface area (Å²) < 4.78 is 2.00. The van der Waals surface area contributed by atoms with Gasteiger partial charge in [-0.2, -0.15) is 5.10 Å². The molecule has 1 atom stereocenters. The molecule has 2 N–H and O–H groups in total. The number of carbonyl (C=O) groups excluding carboxylic acids is 1. The Morgan fingerprint density at radius 1 is 1.30 bits per heavy atom. The van der Waals surface area contributed by atoms with Crippen LogP contribution in [-0.2, 0) is 9.59 Å². The van der Waals surface area contributed by atoms with Gasteiger partial charge in [0.1, 0.15) is 5.82 Å². The maximum Gasteiger partial charge on any atom is 0.290 e. The lowest BCUT2D eigenvalue weighted by molar-refractivity contribution is -0.123. The third kappa shape index (κ3) is 4.28. The van der Waals surface area contributed by atoms with Crippen LogP contribution in [0.15, 0.2) is 24.5 Å². The van der Waals surface area contributed by atoms with E-state index in [0.29, 0.717) is 17.5 Å². The molecule has 8 nitrogen and oxygen atoms in total. The van der Waals surface area contributed by atoms with Crippen molar-refractivity contribution in [3.8, 4) is 0 Å². The van der Waals surface area contributed by atoms with E-state index in [1.165, 1.54) is 0 Å². The molecule has 0 radical (unpaired) electrons. The lowest BCUT2D eigenvalue weighted by Crippen LogP contribution is -2.33. The zero-order valence-corrected chi connectivity index (χ0v) is 15.8. The number of carbonyl (C=O) groups is 2. The molecule has 9 heteroatoms. The Morgan fingerprint density at radius 2 is 2.00 bits per heavy atom. The lowest BCUT2D eigenvalue weighted by atomic mass is 9.90. The largest absolute Gasteiger partial charge is 0.483 e. The van der Waals surface area contributed by atoms with Crippen LogP contribution >= 0.6 is 11.6 Å². The van der Waals surface area contributed by atoms with E-state index in [-0.39, 0.29) is 18.3 Å². The van der Waals surface area contributed by atoms with E-state index in [9.17, 15) is 4.79 Å². The monoisotopic (exact) mass is 391 g/mol. The molecule has 0 bridgehead atoms. The zero-order chi connectivity index (χ0) is 19.4. The molecule has 27 heavy (non-hydrogen) atoms. The fourth-order valence-electron chi connectivity index (χ4n) is 3.61. The Bertz CT molecular complexity index is 800. The molecule has 1 amide bonds. The number of hydrogen-bond donors (Lipinski definition) is 2. The van der Waals surface area contributed by atoms with Crippen molar-refractivity contribution in [2.24, 2.45) is 0 Å². The smallest absolute Gasteiger partial charge is 0.290 e. The summed E-state index contributed by atoms with van der Waals surface area (Å²) in [5, 5.41) is 15.1.